The number of nitrogens with two attached hydrogens (primary N) is 1. The fraction of sp³-hybridized carbons (Fsp3) is 0.619. The molecule has 6 heteroatoms. The topological polar surface area (TPSA) is 82.7 Å². The Morgan fingerprint density at radius 3 is 2.48 bits per heavy atom. The lowest BCUT2D eigenvalue weighted by Crippen LogP contribution is -2.49. The molecule has 1 amide bonds. The Kier molecular flexibility index (Phi) is 8.58. The zero-order valence-electron chi connectivity index (χ0n) is 17.0. The lowest BCUT2D eigenvalue weighted by atomic mass is 10.0. The van der Waals surface area contributed by atoms with Crippen molar-refractivity contribution in [1.29, 1.82) is 0 Å². The van der Waals surface area contributed by atoms with Crippen molar-refractivity contribution >= 4 is 11.9 Å². The Morgan fingerprint density at radius 2 is 1.89 bits per heavy atom. The number of rotatable bonds is 7. The molecule has 1 aromatic rings. The molecular formula is C21H35N5O. The van der Waals surface area contributed by atoms with E-state index in [1.807, 2.05) is 18.2 Å². The number of hydrogen-bond donors (Lipinski definition) is 3. The number of carbonyl (C=O) groups is 1. The fourth-order valence-corrected chi connectivity index (χ4v) is 3.66. The molecule has 0 aliphatic carbocycles. The zero-order valence-corrected chi connectivity index (χ0v) is 17.0. The van der Waals surface area contributed by atoms with Crippen LogP contribution in [0.1, 0.15) is 55.5 Å². The summed E-state index contributed by atoms with van der Waals surface area (Å²) >= 11 is 0. The van der Waals surface area contributed by atoms with Gasteiger partial charge in [-0.2, -0.15) is 0 Å². The van der Waals surface area contributed by atoms with Crippen molar-refractivity contribution in [2.45, 2.75) is 52.1 Å². The molecule has 1 heterocycles. The molecule has 0 spiro atoms. The summed E-state index contributed by atoms with van der Waals surface area (Å²) in [4.78, 5) is 18.3. The molecule has 1 aromatic carbocycles. The van der Waals surface area contributed by atoms with E-state index in [0.29, 0.717) is 24.1 Å². The molecule has 27 heavy (non-hydrogen) atoms. The smallest absolute Gasteiger partial charge is 0.248 e. The Bertz CT molecular complexity index is 621. The first-order valence-corrected chi connectivity index (χ1v) is 10.1. The first-order valence-electron chi connectivity index (χ1n) is 10.1. The Labute approximate surface area is 163 Å². The second-order valence-electron chi connectivity index (χ2n) is 7.63. The van der Waals surface area contributed by atoms with E-state index in [1.54, 1.807) is 13.1 Å². The molecule has 1 fully saturated rings. The van der Waals surface area contributed by atoms with Crippen LogP contribution in [0, 0.1) is 5.92 Å². The second kappa shape index (κ2) is 10.9. The summed E-state index contributed by atoms with van der Waals surface area (Å²) in [6.07, 6.45) is 5.30. The van der Waals surface area contributed by atoms with E-state index >= 15 is 0 Å². The summed E-state index contributed by atoms with van der Waals surface area (Å²) in [6, 6.07) is 7.87. The summed E-state index contributed by atoms with van der Waals surface area (Å²) < 4.78 is 0. The van der Waals surface area contributed by atoms with Gasteiger partial charge in [-0.05, 0) is 49.5 Å². The van der Waals surface area contributed by atoms with E-state index in [-0.39, 0.29) is 0 Å². The standard InChI is InChI=1S/C21H35N5O/c1-16(2)19(26-11-6-4-5-7-12-26)15-25-21(23-3)24-14-17-9-8-10-18(13-17)20(22)27/h8-10,13,16,19H,4-7,11-12,14-15H2,1-3H3,(H2,22,27)(H2,23,24,25). The molecule has 2 rings (SSSR count). The van der Waals surface area contributed by atoms with Gasteiger partial charge in [0.15, 0.2) is 5.96 Å². The van der Waals surface area contributed by atoms with Gasteiger partial charge >= 0.3 is 0 Å². The number of benzene rings is 1. The lowest BCUT2D eigenvalue weighted by molar-refractivity contribution is 0.1000. The van der Waals surface area contributed by atoms with E-state index in [2.05, 4.69) is 34.4 Å². The van der Waals surface area contributed by atoms with Crippen molar-refractivity contribution in [3.05, 3.63) is 35.4 Å². The molecule has 1 atom stereocenters. The van der Waals surface area contributed by atoms with Crippen LogP contribution in [-0.2, 0) is 6.54 Å². The van der Waals surface area contributed by atoms with Crippen LogP contribution in [0.25, 0.3) is 0 Å². The van der Waals surface area contributed by atoms with Crippen molar-refractivity contribution in [3.8, 4) is 0 Å². The van der Waals surface area contributed by atoms with E-state index < -0.39 is 5.91 Å². The third-order valence-corrected chi connectivity index (χ3v) is 5.25. The van der Waals surface area contributed by atoms with Crippen LogP contribution < -0.4 is 16.4 Å². The summed E-state index contributed by atoms with van der Waals surface area (Å²) in [7, 11) is 1.78. The number of primary amides is 1. The molecular weight excluding hydrogens is 338 g/mol. The van der Waals surface area contributed by atoms with E-state index in [9.17, 15) is 4.79 Å². The number of aliphatic imine (C=N–C) groups is 1. The van der Waals surface area contributed by atoms with Gasteiger partial charge in [-0.15, -0.1) is 0 Å². The number of amides is 1. The quantitative estimate of drug-likeness (QED) is 0.506. The molecule has 0 bridgehead atoms. The van der Waals surface area contributed by atoms with E-state index in [1.165, 1.54) is 38.8 Å². The van der Waals surface area contributed by atoms with Crippen LogP contribution >= 0.6 is 0 Å². The Balaban J connectivity index is 1.89. The molecule has 0 radical (unpaired) electrons. The number of hydrogen-bond acceptors (Lipinski definition) is 3. The minimum atomic E-state index is -0.406. The maximum atomic E-state index is 11.3. The zero-order chi connectivity index (χ0) is 19.6. The average molecular weight is 374 g/mol. The van der Waals surface area contributed by atoms with Crippen LogP contribution in [0.3, 0.4) is 0 Å². The number of likely N-dealkylation sites (tertiary alicyclic amines) is 1. The van der Waals surface area contributed by atoms with Gasteiger partial charge < -0.3 is 16.4 Å². The molecule has 1 aliphatic rings. The number of nitrogens with zero attached hydrogens (tertiary/aromatic N) is 2. The highest BCUT2D eigenvalue weighted by molar-refractivity contribution is 5.92. The van der Waals surface area contributed by atoms with Crippen molar-refractivity contribution in [3.63, 3.8) is 0 Å². The second-order valence-corrected chi connectivity index (χ2v) is 7.63. The van der Waals surface area contributed by atoms with Crippen molar-refractivity contribution in [2.24, 2.45) is 16.6 Å². The van der Waals surface area contributed by atoms with Gasteiger partial charge in [0, 0.05) is 31.7 Å². The SMILES string of the molecule is CN=C(NCc1cccc(C(N)=O)c1)NCC(C(C)C)N1CCCCCC1. The van der Waals surface area contributed by atoms with Gasteiger partial charge in [-0.3, -0.25) is 14.7 Å². The van der Waals surface area contributed by atoms with Crippen LogP contribution in [-0.4, -0.2) is 49.5 Å². The highest BCUT2D eigenvalue weighted by Gasteiger charge is 2.22. The Morgan fingerprint density at radius 1 is 1.19 bits per heavy atom. The first kappa shape index (κ1) is 21.2. The number of guanidine groups is 1. The van der Waals surface area contributed by atoms with Gasteiger partial charge in [0.2, 0.25) is 5.91 Å². The Hall–Kier alpha value is -2.08. The lowest BCUT2D eigenvalue weighted by Gasteiger charge is -2.34. The van der Waals surface area contributed by atoms with Gasteiger partial charge in [0.25, 0.3) is 0 Å². The highest BCUT2D eigenvalue weighted by atomic mass is 16.1. The van der Waals surface area contributed by atoms with Gasteiger partial charge in [0.1, 0.15) is 0 Å². The first-order chi connectivity index (χ1) is 13.0. The van der Waals surface area contributed by atoms with Crippen LogP contribution in [0.15, 0.2) is 29.3 Å². The molecule has 1 aliphatic heterocycles. The van der Waals surface area contributed by atoms with E-state index in [0.717, 1.165) is 18.1 Å². The molecule has 0 saturated carbocycles. The molecule has 1 saturated heterocycles. The monoisotopic (exact) mass is 373 g/mol. The van der Waals surface area contributed by atoms with Crippen LogP contribution in [0.4, 0.5) is 0 Å². The maximum Gasteiger partial charge on any atom is 0.248 e. The van der Waals surface area contributed by atoms with Crippen molar-refractivity contribution in [2.75, 3.05) is 26.7 Å². The molecule has 4 N–H and O–H groups in total. The fourth-order valence-electron chi connectivity index (χ4n) is 3.66. The predicted octanol–water partition coefficient (Wildman–Crippen LogP) is 2.35. The minimum absolute atomic E-state index is 0.406. The van der Waals surface area contributed by atoms with E-state index in [4.69, 9.17) is 5.73 Å². The van der Waals surface area contributed by atoms with Crippen LogP contribution in [0.2, 0.25) is 0 Å². The molecule has 1 unspecified atom stereocenters. The van der Waals surface area contributed by atoms with Gasteiger partial charge in [-0.25, -0.2) is 0 Å². The summed E-state index contributed by atoms with van der Waals surface area (Å²) in [5.41, 5.74) is 6.88. The number of carbonyl (C=O) groups excluding carboxylic acids is 1. The van der Waals surface area contributed by atoms with Gasteiger partial charge in [0.05, 0.1) is 0 Å². The third-order valence-electron chi connectivity index (χ3n) is 5.25. The average Bonchev–Trinajstić information content (AvgIpc) is 2.93. The normalized spacial score (nSPS) is 17.4. The number of nitrogens with one attached hydrogen (secondary N) is 2. The minimum Gasteiger partial charge on any atom is -0.366 e. The largest absolute Gasteiger partial charge is 0.366 e. The third kappa shape index (κ3) is 6.86. The highest BCUT2D eigenvalue weighted by Crippen LogP contribution is 2.17. The van der Waals surface area contributed by atoms with Crippen LogP contribution in [0.5, 0.6) is 0 Å². The van der Waals surface area contributed by atoms with Gasteiger partial charge in [-0.1, -0.05) is 38.8 Å². The van der Waals surface area contributed by atoms with Crippen molar-refractivity contribution in [1.82, 2.24) is 15.5 Å². The molecule has 0 aromatic heterocycles. The summed E-state index contributed by atoms with van der Waals surface area (Å²) in [6.45, 7) is 8.44. The summed E-state index contributed by atoms with van der Waals surface area (Å²) in [5.74, 6) is 0.956. The predicted molar refractivity (Wildman–Crippen MR) is 112 cm³/mol. The maximum absolute atomic E-state index is 11.3. The molecule has 6 nitrogen and oxygen atoms in total. The molecule has 150 valence electrons. The summed E-state index contributed by atoms with van der Waals surface area (Å²) in [5, 5.41) is 6.81. The van der Waals surface area contributed by atoms with Crippen molar-refractivity contribution < 1.29 is 4.79 Å².